The molecule has 2 heterocycles. The molecule has 0 radical (unpaired) electrons. The zero-order chi connectivity index (χ0) is 24.7. The van der Waals surface area contributed by atoms with Crippen LogP contribution in [0.3, 0.4) is 0 Å². The van der Waals surface area contributed by atoms with Crippen LogP contribution < -0.4 is 10.6 Å². The molecule has 5 rings (SSSR count). The summed E-state index contributed by atoms with van der Waals surface area (Å²) in [5.74, 6) is -2.26. The Morgan fingerprint density at radius 2 is 1.94 bits per heavy atom. The van der Waals surface area contributed by atoms with Crippen LogP contribution >= 0.6 is 0 Å². The van der Waals surface area contributed by atoms with Gasteiger partial charge in [0.1, 0.15) is 23.0 Å². The van der Waals surface area contributed by atoms with Gasteiger partial charge in [-0.3, -0.25) is 14.0 Å². The molecule has 2 amide bonds. The Hall–Kier alpha value is -4.37. The van der Waals surface area contributed by atoms with Crippen LogP contribution in [-0.4, -0.2) is 32.4 Å². The van der Waals surface area contributed by atoms with Crippen LogP contribution in [0.15, 0.2) is 67.1 Å². The van der Waals surface area contributed by atoms with Gasteiger partial charge in [-0.05, 0) is 60.0 Å². The molecule has 0 fully saturated rings. The maximum absolute atomic E-state index is 14.4. The molecule has 7 nitrogen and oxygen atoms in total. The number of nitrogens with one attached hydrogen (secondary N) is 2. The number of pyridine rings is 1. The van der Waals surface area contributed by atoms with E-state index >= 15 is 0 Å². The van der Waals surface area contributed by atoms with Crippen molar-refractivity contribution < 1.29 is 23.5 Å². The largest absolute Gasteiger partial charge is 0.388 e. The zero-order valence-electron chi connectivity index (χ0n) is 18.5. The third-order valence-electron chi connectivity index (χ3n) is 5.87. The number of imidazole rings is 1. The predicted molar refractivity (Wildman–Crippen MR) is 126 cm³/mol. The van der Waals surface area contributed by atoms with Gasteiger partial charge in [0.05, 0.1) is 18.0 Å². The number of hydrogen-bond acceptors (Lipinski definition) is 4. The first-order chi connectivity index (χ1) is 16.8. The molecule has 3 N–H and O–H groups in total. The summed E-state index contributed by atoms with van der Waals surface area (Å²) in [6.07, 6.45) is 3.85. The Labute approximate surface area is 198 Å². The minimum Gasteiger partial charge on any atom is -0.388 e. The molecule has 176 valence electrons. The molecule has 0 bridgehead atoms. The molecule has 35 heavy (non-hydrogen) atoms. The maximum atomic E-state index is 14.4. The number of halogens is 2. The average Bonchev–Trinajstić information content (AvgIpc) is 3.38. The number of hydrogen-bond donors (Lipinski definition) is 3. The van der Waals surface area contributed by atoms with Gasteiger partial charge in [-0.1, -0.05) is 12.1 Å². The number of nitrogens with zero attached hydrogens (tertiary/aromatic N) is 2. The average molecular weight is 474 g/mol. The minimum absolute atomic E-state index is 0.0966. The van der Waals surface area contributed by atoms with Gasteiger partial charge in [0, 0.05) is 30.0 Å². The number of anilines is 1. The summed E-state index contributed by atoms with van der Waals surface area (Å²) < 4.78 is 29.5. The number of benzene rings is 2. The summed E-state index contributed by atoms with van der Waals surface area (Å²) >= 11 is 0. The van der Waals surface area contributed by atoms with Crippen molar-refractivity contribution in [3.8, 4) is 0 Å². The number of fused-ring (bicyclic) bond motifs is 2. The Bertz CT molecular complexity index is 1530. The number of aliphatic hydroxyl groups is 1. The normalized spacial score (nSPS) is 15.9. The molecule has 2 aromatic heterocycles. The van der Waals surface area contributed by atoms with E-state index in [0.717, 1.165) is 11.6 Å². The Kier molecular flexibility index (Phi) is 5.62. The highest BCUT2D eigenvalue weighted by Crippen LogP contribution is 2.32. The fraction of sp³-hybridized carbons (Fsp3) is 0.115. The van der Waals surface area contributed by atoms with E-state index in [1.54, 1.807) is 22.7 Å². The molecule has 1 unspecified atom stereocenters. The van der Waals surface area contributed by atoms with Crippen LogP contribution in [0, 0.1) is 18.6 Å². The number of amides is 2. The van der Waals surface area contributed by atoms with Crippen LogP contribution in [0.25, 0.3) is 11.2 Å². The van der Waals surface area contributed by atoms with Gasteiger partial charge < -0.3 is 15.7 Å². The predicted octanol–water partition coefficient (Wildman–Crippen LogP) is 3.86. The number of carbonyl (C=O) groups is 2. The Morgan fingerprint density at radius 1 is 1.11 bits per heavy atom. The van der Waals surface area contributed by atoms with Gasteiger partial charge in [0.2, 0.25) is 0 Å². The second-order valence-corrected chi connectivity index (χ2v) is 8.32. The van der Waals surface area contributed by atoms with E-state index < -0.39 is 29.6 Å². The summed E-state index contributed by atoms with van der Waals surface area (Å²) in [6.45, 7) is 1.87. The molecule has 0 aliphatic heterocycles. The molecule has 0 spiro atoms. The van der Waals surface area contributed by atoms with Crippen molar-refractivity contribution in [1.29, 1.82) is 0 Å². The van der Waals surface area contributed by atoms with Gasteiger partial charge in [0.15, 0.2) is 0 Å². The highest BCUT2D eigenvalue weighted by molar-refractivity contribution is 6.04. The van der Waals surface area contributed by atoms with E-state index in [1.165, 1.54) is 36.7 Å². The van der Waals surface area contributed by atoms with E-state index in [4.69, 9.17) is 0 Å². The van der Waals surface area contributed by atoms with E-state index in [1.807, 2.05) is 13.0 Å². The van der Waals surface area contributed by atoms with E-state index in [0.29, 0.717) is 22.3 Å². The van der Waals surface area contributed by atoms with E-state index in [-0.39, 0.29) is 23.4 Å². The van der Waals surface area contributed by atoms with Crippen molar-refractivity contribution in [1.82, 2.24) is 14.7 Å². The van der Waals surface area contributed by atoms with Gasteiger partial charge in [-0.2, -0.15) is 0 Å². The lowest BCUT2D eigenvalue weighted by Gasteiger charge is -2.10. The number of aliphatic hydroxyl groups excluding tert-OH is 1. The molecule has 1 aliphatic rings. The first-order valence-electron chi connectivity index (χ1n) is 10.8. The number of rotatable bonds is 4. The first-order valence-corrected chi connectivity index (χ1v) is 10.8. The molecular formula is C26H20F2N4O3. The quantitative estimate of drug-likeness (QED) is 0.419. The summed E-state index contributed by atoms with van der Waals surface area (Å²) in [5.41, 5.74) is 3.38. The monoisotopic (exact) mass is 474 g/mol. The lowest BCUT2D eigenvalue weighted by atomic mass is 10.1. The minimum atomic E-state index is -0.885. The van der Waals surface area contributed by atoms with Crippen LogP contribution in [0.2, 0.25) is 0 Å². The highest BCUT2D eigenvalue weighted by Gasteiger charge is 2.25. The molecule has 0 saturated carbocycles. The number of carbonyl (C=O) groups excluding carboxylic acids is 2. The van der Waals surface area contributed by atoms with Crippen molar-refractivity contribution in [3.05, 3.63) is 107 Å². The van der Waals surface area contributed by atoms with Gasteiger partial charge >= 0.3 is 0 Å². The van der Waals surface area contributed by atoms with Crippen molar-refractivity contribution in [2.45, 2.75) is 19.4 Å². The maximum Gasteiger partial charge on any atom is 0.274 e. The number of aromatic nitrogens is 2. The molecule has 0 saturated heterocycles. The number of aryl methyl sites for hydroxylation is 1. The van der Waals surface area contributed by atoms with Crippen molar-refractivity contribution in [2.75, 3.05) is 5.32 Å². The molecule has 9 heteroatoms. The molecule has 1 aliphatic carbocycles. The first kappa shape index (κ1) is 22.4. The summed E-state index contributed by atoms with van der Waals surface area (Å²) in [4.78, 5) is 29.7. The molecular weight excluding hydrogens is 454 g/mol. The fourth-order valence-corrected chi connectivity index (χ4v) is 4.11. The molecule has 2 aromatic carbocycles. The topological polar surface area (TPSA) is 95.7 Å². The van der Waals surface area contributed by atoms with E-state index in [2.05, 4.69) is 15.6 Å². The van der Waals surface area contributed by atoms with Crippen LogP contribution in [0.4, 0.5) is 14.5 Å². The zero-order valence-corrected chi connectivity index (χ0v) is 18.5. The van der Waals surface area contributed by atoms with Gasteiger partial charge in [-0.15, -0.1) is 0 Å². The Morgan fingerprint density at radius 3 is 2.77 bits per heavy atom. The molecule has 1 atom stereocenters. The van der Waals surface area contributed by atoms with E-state index in [9.17, 15) is 23.5 Å². The van der Waals surface area contributed by atoms with Gasteiger partial charge in [-0.25, -0.2) is 13.8 Å². The van der Waals surface area contributed by atoms with Crippen LogP contribution in [0.1, 0.15) is 37.5 Å². The SMILES string of the molecule is Cc1ccc2ncc(C(=O)Nc3cc(C(=O)N/C=C4\c5ccc(F)cc5CC4O)ccc3F)n2c1. The smallest absolute Gasteiger partial charge is 0.274 e. The van der Waals surface area contributed by atoms with Crippen molar-refractivity contribution in [3.63, 3.8) is 0 Å². The second kappa shape index (κ2) is 8.77. The summed E-state index contributed by atoms with van der Waals surface area (Å²) in [6, 6.07) is 11.4. The van der Waals surface area contributed by atoms with Gasteiger partial charge in [0.25, 0.3) is 11.8 Å². The third-order valence-corrected chi connectivity index (χ3v) is 5.87. The van der Waals surface area contributed by atoms with Crippen molar-refractivity contribution in [2.24, 2.45) is 0 Å². The third kappa shape index (κ3) is 4.29. The fourth-order valence-electron chi connectivity index (χ4n) is 4.11. The van der Waals surface area contributed by atoms with Crippen LogP contribution in [0.5, 0.6) is 0 Å². The summed E-state index contributed by atoms with van der Waals surface area (Å²) in [7, 11) is 0. The van der Waals surface area contributed by atoms with Crippen LogP contribution in [-0.2, 0) is 6.42 Å². The standard InChI is InChI=1S/C26H20F2N4O3/c1-14-2-7-24-29-12-22(32(24)13-14)26(35)31-21-9-15(3-6-20(21)28)25(34)30-11-19-18-5-4-17(27)8-16(18)10-23(19)33/h2-9,11-13,23,33H,10H2,1H3,(H,30,34)(H,31,35)/b19-11+. The molecule has 4 aromatic rings. The lowest BCUT2D eigenvalue weighted by Crippen LogP contribution is -2.20. The lowest BCUT2D eigenvalue weighted by molar-refractivity contribution is 0.0967. The Balaban J connectivity index is 1.35. The summed E-state index contributed by atoms with van der Waals surface area (Å²) in [5, 5.41) is 15.4. The second-order valence-electron chi connectivity index (χ2n) is 8.32. The highest BCUT2D eigenvalue weighted by atomic mass is 19.1. The van der Waals surface area contributed by atoms with Crippen molar-refractivity contribution >= 4 is 28.7 Å².